The third kappa shape index (κ3) is 7.07. The van der Waals surface area contributed by atoms with Crippen LogP contribution in [-0.4, -0.2) is 51.7 Å². The molecule has 1 fully saturated rings. The van der Waals surface area contributed by atoms with Crippen LogP contribution >= 0.6 is 22.9 Å². The van der Waals surface area contributed by atoms with Crippen LogP contribution < -0.4 is 20.9 Å². The first-order chi connectivity index (χ1) is 17.5. The fourth-order valence-electron chi connectivity index (χ4n) is 3.85. The normalized spacial score (nSPS) is 15.4. The highest BCUT2D eigenvalue weighted by atomic mass is 35.5. The summed E-state index contributed by atoms with van der Waals surface area (Å²) in [6, 6.07) is 7.24. The summed E-state index contributed by atoms with van der Waals surface area (Å²) >= 11 is 7.44. The number of anilines is 4. The average molecular weight is 544 g/mol. The minimum Gasteiger partial charge on any atom is -0.444 e. The van der Waals surface area contributed by atoms with Crippen LogP contribution in [0.25, 0.3) is 0 Å². The third-order valence-electron chi connectivity index (χ3n) is 5.48. The molecule has 4 rings (SSSR count). The lowest BCUT2D eigenvalue weighted by Crippen LogP contribution is -2.40. The number of alkyl carbamates (subject to hydrolysis) is 1. The van der Waals surface area contributed by atoms with E-state index in [1.807, 2.05) is 52.8 Å². The fourth-order valence-corrected chi connectivity index (χ4v) is 4.84. The summed E-state index contributed by atoms with van der Waals surface area (Å²) in [5.74, 6) is 1.61. The van der Waals surface area contributed by atoms with Crippen molar-refractivity contribution < 1.29 is 14.3 Å². The van der Waals surface area contributed by atoms with Gasteiger partial charge in [-0.3, -0.25) is 4.79 Å². The first-order valence-corrected chi connectivity index (χ1v) is 13.1. The number of nitrogens with one attached hydrogen (secondary N) is 3. The summed E-state index contributed by atoms with van der Waals surface area (Å²) in [5, 5.41) is 9.96. The molecule has 12 heteroatoms. The maximum atomic E-state index is 12.8. The van der Waals surface area contributed by atoms with E-state index < -0.39 is 11.7 Å². The fraction of sp³-hybridized carbons (Fsp3) is 0.400. The van der Waals surface area contributed by atoms with Gasteiger partial charge in [-0.2, -0.15) is 0 Å². The highest BCUT2D eigenvalue weighted by molar-refractivity contribution is 7.17. The predicted octanol–water partition coefficient (Wildman–Crippen LogP) is 5.30. The molecule has 0 unspecified atom stereocenters. The Balaban J connectivity index is 1.40. The molecule has 3 N–H and O–H groups in total. The summed E-state index contributed by atoms with van der Waals surface area (Å²) in [6.07, 6.45) is 1.87. The summed E-state index contributed by atoms with van der Waals surface area (Å²) in [7, 11) is 0. The van der Waals surface area contributed by atoms with E-state index >= 15 is 0 Å². The molecule has 0 bridgehead atoms. The van der Waals surface area contributed by atoms with Gasteiger partial charge in [0, 0.05) is 19.2 Å². The molecule has 2 amide bonds. The van der Waals surface area contributed by atoms with E-state index in [9.17, 15) is 9.59 Å². The zero-order valence-electron chi connectivity index (χ0n) is 21.4. The number of amides is 2. The van der Waals surface area contributed by atoms with E-state index in [1.165, 1.54) is 17.5 Å². The minimum atomic E-state index is -0.545. The molecule has 1 atom stereocenters. The summed E-state index contributed by atoms with van der Waals surface area (Å²) in [6.45, 7) is 10.5. The van der Waals surface area contributed by atoms with Crippen molar-refractivity contribution in [3.05, 3.63) is 51.7 Å². The zero-order chi connectivity index (χ0) is 26.7. The molecule has 3 heterocycles. The van der Waals surface area contributed by atoms with Crippen molar-refractivity contribution in [1.82, 2.24) is 20.3 Å². The number of hydrogen-bond donors (Lipinski definition) is 3. The predicted molar refractivity (Wildman–Crippen MR) is 146 cm³/mol. The summed E-state index contributed by atoms with van der Waals surface area (Å²) in [4.78, 5) is 40.8. The molecule has 1 aliphatic rings. The van der Waals surface area contributed by atoms with Gasteiger partial charge in [0.15, 0.2) is 5.13 Å². The van der Waals surface area contributed by atoms with Crippen LogP contribution in [0.1, 0.15) is 48.3 Å². The van der Waals surface area contributed by atoms with Gasteiger partial charge in [0.2, 0.25) is 0 Å². The van der Waals surface area contributed by atoms with Crippen molar-refractivity contribution in [3.8, 4) is 0 Å². The van der Waals surface area contributed by atoms with Crippen LogP contribution in [0.5, 0.6) is 0 Å². The Kier molecular flexibility index (Phi) is 7.84. The standard InChI is InChI=1S/C25H30ClN7O3S/c1-14-7-6-8-17(26)21(14)32-22(34)18-12-27-23(37-18)31-19-11-20(29-15(2)28-19)33-10-9-16(13-33)30-24(35)36-25(3,4)5/h6-8,11-12,16H,9-10,13H2,1-5H3,(H,30,35)(H,32,34)(H,27,28,29,31)/t16-/m0/s1. The number of aryl methyl sites for hydroxylation is 2. The number of ether oxygens (including phenoxy) is 1. The summed E-state index contributed by atoms with van der Waals surface area (Å²) < 4.78 is 5.36. The second-order valence-electron chi connectivity index (χ2n) is 9.78. The number of rotatable bonds is 6. The monoisotopic (exact) mass is 543 g/mol. The molecule has 0 radical (unpaired) electrons. The van der Waals surface area contributed by atoms with E-state index in [4.69, 9.17) is 16.3 Å². The van der Waals surface area contributed by atoms with Gasteiger partial charge in [-0.05, 0) is 52.7 Å². The molecular formula is C25H30ClN7O3S. The molecule has 196 valence electrons. The SMILES string of the molecule is Cc1nc(Nc2ncc(C(=O)Nc3c(C)cccc3Cl)s2)cc(N2CC[C@H](NC(=O)OC(C)(C)C)C2)n1. The lowest BCUT2D eigenvalue weighted by molar-refractivity contribution is 0.0509. The van der Waals surface area contributed by atoms with Crippen LogP contribution in [-0.2, 0) is 4.74 Å². The van der Waals surface area contributed by atoms with Crippen molar-refractivity contribution in [3.63, 3.8) is 0 Å². The lowest BCUT2D eigenvalue weighted by Gasteiger charge is -2.22. The number of benzene rings is 1. The van der Waals surface area contributed by atoms with Gasteiger partial charge < -0.3 is 25.6 Å². The smallest absolute Gasteiger partial charge is 0.407 e. The van der Waals surface area contributed by atoms with E-state index in [1.54, 1.807) is 6.07 Å². The topological polar surface area (TPSA) is 121 Å². The zero-order valence-corrected chi connectivity index (χ0v) is 23.0. The van der Waals surface area contributed by atoms with Crippen LogP contribution in [0.4, 0.5) is 27.2 Å². The van der Waals surface area contributed by atoms with Crippen molar-refractivity contribution in [1.29, 1.82) is 0 Å². The maximum absolute atomic E-state index is 12.8. The second-order valence-corrected chi connectivity index (χ2v) is 11.2. The molecule has 1 aliphatic heterocycles. The number of carbonyl (C=O) groups is 2. The van der Waals surface area contributed by atoms with Gasteiger partial charge in [0.25, 0.3) is 5.91 Å². The number of thiazole rings is 1. The molecule has 1 saturated heterocycles. The first-order valence-electron chi connectivity index (χ1n) is 11.9. The van der Waals surface area contributed by atoms with Gasteiger partial charge >= 0.3 is 6.09 Å². The van der Waals surface area contributed by atoms with Gasteiger partial charge in [-0.1, -0.05) is 35.1 Å². The van der Waals surface area contributed by atoms with Gasteiger partial charge in [-0.25, -0.2) is 19.7 Å². The Hall–Kier alpha value is -3.44. The Labute approximate surface area is 224 Å². The van der Waals surface area contributed by atoms with Crippen molar-refractivity contribution in [2.24, 2.45) is 0 Å². The Morgan fingerprint density at radius 3 is 2.73 bits per heavy atom. The van der Waals surface area contributed by atoms with Gasteiger partial charge in [-0.15, -0.1) is 0 Å². The quantitative estimate of drug-likeness (QED) is 0.383. The number of aromatic nitrogens is 3. The largest absolute Gasteiger partial charge is 0.444 e. The van der Waals surface area contributed by atoms with Gasteiger partial charge in [0.1, 0.15) is 27.9 Å². The Morgan fingerprint density at radius 2 is 2.00 bits per heavy atom. The van der Waals surface area contributed by atoms with E-state index in [-0.39, 0.29) is 11.9 Å². The minimum absolute atomic E-state index is 0.0386. The molecular weight excluding hydrogens is 514 g/mol. The second kappa shape index (κ2) is 10.9. The van der Waals surface area contributed by atoms with E-state index in [0.717, 1.165) is 24.3 Å². The number of halogens is 1. The molecule has 0 aliphatic carbocycles. The van der Waals surface area contributed by atoms with Crippen LogP contribution in [0, 0.1) is 13.8 Å². The highest BCUT2D eigenvalue weighted by Crippen LogP contribution is 2.29. The molecule has 37 heavy (non-hydrogen) atoms. The van der Waals surface area contributed by atoms with E-state index in [2.05, 4.69) is 35.8 Å². The number of hydrogen-bond acceptors (Lipinski definition) is 9. The molecule has 3 aromatic rings. The first kappa shape index (κ1) is 26.6. The molecule has 1 aromatic carbocycles. The number of nitrogens with zero attached hydrogens (tertiary/aromatic N) is 4. The number of carbonyl (C=O) groups excluding carboxylic acids is 2. The molecule has 0 saturated carbocycles. The average Bonchev–Trinajstić information content (AvgIpc) is 3.44. The van der Waals surface area contributed by atoms with Crippen molar-refractivity contribution in [2.45, 2.75) is 52.7 Å². The maximum Gasteiger partial charge on any atom is 0.407 e. The third-order valence-corrected chi connectivity index (χ3v) is 6.71. The number of para-hydroxylation sites is 1. The highest BCUT2D eigenvalue weighted by Gasteiger charge is 2.27. The van der Waals surface area contributed by atoms with Crippen LogP contribution in [0.3, 0.4) is 0 Å². The lowest BCUT2D eigenvalue weighted by atomic mass is 10.2. The van der Waals surface area contributed by atoms with Crippen LogP contribution in [0.15, 0.2) is 30.5 Å². The van der Waals surface area contributed by atoms with Gasteiger partial charge in [0.05, 0.1) is 22.9 Å². The Morgan fingerprint density at radius 1 is 1.22 bits per heavy atom. The molecule has 0 spiro atoms. The Bertz CT molecular complexity index is 1290. The summed E-state index contributed by atoms with van der Waals surface area (Å²) in [5.41, 5.74) is 0.910. The van der Waals surface area contributed by atoms with Crippen LogP contribution in [0.2, 0.25) is 5.02 Å². The van der Waals surface area contributed by atoms with Crippen molar-refractivity contribution in [2.75, 3.05) is 28.6 Å². The molecule has 10 nitrogen and oxygen atoms in total. The molecule has 2 aromatic heterocycles. The van der Waals surface area contributed by atoms with Crippen molar-refractivity contribution >= 4 is 57.4 Å². The van der Waals surface area contributed by atoms with E-state index in [0.29, 0.717) is 38.9 Å².